The van der Waals surface area contributed by atoms with Crippen LogP contribution in [0.1, 0.15) is 45.6 Å². The summed E-state index contributed by atoms with van der Waals surface area (Å²) < 4.78 is 0. The minimum Gasteiger partial charge on any atom is -0.353 e. The Bertz CT molecular complexity index is 1170. The number of hydrogen-bond donors (Lipinski definition) is 1. The number of aromatic nitrogens is 3. The van der Waals surface area contributed by atoms with Gasteiger partial charge in [-0.2, -0.15) is 5.10 Å². The van der Waals surface area contributed by atoms with E-state index in [0.717, 1.165) is 67.0 Å². The quantitative estimate of drug-likeness (QED) is 0.689. The second-order valence-electron chi connectivity index (χ2n) is 8.51. The first-order valence-electron chi connectivity index (χ1n) is 11.3. The molecule has 7 nitrogen and oxygen atoms in total. The highest BCUT2D eigenvalue weighted by atomic mass is 16.2. The van der Waals surface area contributed by atoms with E-state index in [-0.39, 0.29) is 11.5 Å². The van der Waals surface area contributed by atoms with Crippen LogP contribution in [0.5, 0.6) is 0 Å². The van der Waals surface area contributed by atoms with E-state index in [9.17, 15) is 9.59 Å². The van der Waals surface area contributed by atoms with E-state index < -0.39 is 0 Å². The fourth-order valence-corrected chi connectivity index (χ4v) is 4.74. The van der Waals surface area contributed by atoms with Crippen molar-refractivity contribution in [2.24, 2.45) is 0 Å². The third kappa shape index (κ3) is 4.15. The van der Waals surface area contributed by atoms with Crippen LogP contribution < -0.4 is 10.5 Å². The fourth-order valence-electron chi connectivity index (χ4n) is 4.74. The Labute approximate surface area is 187 Å². The number of piperazine rings is 1. The summed E-state index contributed by atoms with van der Waals surface area (Å²) in [5.41, 5.74) is 4.59. The zero-order chi connectivity index (χ0) is 21.9. The molecule has 0 saturated carbocycles. The number of fused-ring (bicyclic) bond motifs is 1. The lowest BCUT2D eigenvalue weighted by Gasteiger charge is -2.35. The Balaban J connectivity index is 1.29. The minimum absolute atomic E-state index is 0.0581. The molecular formula is C25H27N5O2. The molecule has 7 heteroatoms. The standard InChI is InChI=1S/C25H27N5O2/c31-24-21-9-2-1-8-20(21)22(27-28-24)17-18-6-5-7-19(16-18)25(32)30-14-12-29(13-15-30)23-10-3-4-11-26-23/h3-7,10-11,16H,1-2,8-9,12-15,17H2,(H,28,31). The molecule has 0 radical (unpaired) electrons. The van der Waals surface area contributed by atoms with E-state index in [1.807, 2.05) is 47.4 Å². The fraction of sp³-hybridized carbons (Fsp3) is 0.360. The Kier molecular flexibility index (Phi) is 5.71. The molecule has 32 heavy (non-hydrogen) atoms. The Morgan fingerprint density at radius 1 is 0.969 bits per heavy atom. The molecule has 0 spiro atoms. The van der Waals surface area contributed by atoms with Crippen molar-refractivity contribution in [3.8, 4) is 0 Å². The van der Waals surface area contributed by atoms with E-state index in [2.05, 4.69) is 20.1 Å². The number of aromatic amines is 1. The highest BCUT2D eigenvalue weighted by Crippen LogP contribution is 2.23. The maximum absolute atomic E-state index is 13.2. The van der Waals surface area contributed by atoms with E-state index >= 15 is 0 Å². The van der Waals surface area contributed by atoms with Crippen molar-refractivity contribution in [2.45, 2.75) is 32.1 Å². The van der Waals surface area contributed by atoms with Crippen LogP contribution in [0.2, 0.25) is 0 Å². The van der Waals surface area contributed by atoms with Crippen molar-refractivity contribution in [2.75, 3.05) is 31.1 Å². The van der Waals surface area contributed by atoms with E-state index in [1.54, 1.807) is 6.20 Å². The molecule has 1 fully saturated rings. The van der Waals surface area contributed by atoms with Crippen molar-refractivity contribution in [3.05, 3.63) is 87.0 Å². The van der Waals surface area contributed by atoms with Gasteiger partial charge in [-0.15, -0.1) is 0 Å². The summed E-state index contributed by atoms with van der Waals surface area (Å²) in [5.74, 6) is 1.02. The molecule has 0 bridgehead atoms. The average molecular weight is 430 g/mol. The number of carbonyl (C=O) groups is 1. The molecular weight excluding hydrogens is 402 g/mol. The number of nitrogens with zero attached hydrogens (tertiary/aromatic N) is 4. The number of H-pyrrole nitrogens is 1. The number of benzene rings is 1. The van der Waals surface area contributed by atoms with Crippen molar-refractivity contribution in [1.82, 2.24) is 20.1 Å². The minimum atomic E-state index is -0.0581. The Morgan fingerprint density at radius 2 is 1.78 bits per heavy atom. The Hall–Kier alpha value is -3.48. The van der Waals surface area contributed by atoms with E-state index in [1.165, 1.54) is 0 Å². The first kappa shape index (κ1) is 20.4. The maximum Gasteiger partial charge on any atom is 0.267 e. The summed E-state index contributed by atoms with van der Waals surface area (Å²) in [6, 6.07) is 13.7. The summed E-state index contributed by atoms with van der Waals surface area (Å²) in [4.78, 5) is 33.8. The number of nitrogens with one attached hydrogen (secondary N) is 1. The van der Waals surface area contributed by atoms with Crippen LogP contribution in [0, 0.1) is 0 Å². The average Bonchev–Trinajstić information content (AvgIpc) is 2.86. The van der Waals surface area contributed by atoms with E-state index in [4.69, 9.17) is 0 Å². The van der Waals surface area contributed by atoms with Gasteiger partial charge in [-0.3, -0.25) is 9.59 Å². The van der Waals surface area contributed by atoms with Crippen LogP contribution in [0.3, 0.4) is 0 Å². The first-order valence-corrected chi connectivity index (χ1v) is 11.3. The number of pyridine rings is 1. The van der Waals surface area contributed by atoms with Crippen LogP contribution in [0.15, 0.2) is 53.5 Å². The molecule has 1 aromatic carbocycles. The molecule has 3 aromatic rings. The lowest BCUT2D eigenvalue weighted by Crippen LogP contribution is -2.49. The van der Waals surface area contributed by atoms with E-state index in [0.29, 0.717) is 25.1 Å². The number of hydrogen-bond acceptors (Lipinski definition) is 5. The molecule has 3 heterocycles. The van der Waals surface area contributed by atoms with Crippen LogP contribution in [-0.4, -0.2) is 52.2 Å². The van der Waals surface area contributed by atoms with Crippen molar-refractivity contribution >= 4 is 11.7 Å². The number of rotatable bonds is 4. The third-order valence-corrected chi connectivity index (χ3v) is 6.47. The third-order valence-electron chi connectivity index (χ3n) is 6.47. The molecule has 2 aliphatic rings. The summed E-state index contributed by atoms with van der Waals surface area (Å²) in [6.45, 7) is 2.90. The van der Waals surface area contributed by atoms with Gasteiger partial charge in [-0.1, -0.05) is 18.2 Å². The van der Waals surface area contributed by atoms with Gasteiger partial charge in [0.15, 0.2) is 0 Å². The predicted molar refractivity (Wildman–Crippen MR) is 123 cm³/mol. The van der Waals surface area contributed by atoms with Crippen LogP contribution in [0.4, 0.5) is 5.82 Å². The van der Waals surface area contributed by atoms with Gasteiger partial charge in [0.25, 0.3) is 11.5 Å². The lowest BCUT2D eigenvalue weighted by molar-refractivity contribution is 0.0746. The highest BCUT2D eigenvalue weighted by Gasteiger charge is 2.23. The van der Waals surface area contributed by atoms with Gasteiger partial charge >= 0.3 is 0 Å². The summed E-state index contributed by atoms with van der Waals surface area (Å²) in [6.07, 6.45) is 6.29. The topological polar surface area (TPSA) is 82.2 Å². The van der Waals surface area contributed by atoms with Crippen LogP contribution >= 0.6 is 0 Å². The van der Waals surface area contributed by atoms with Gasteiger partial charge in [0.1, 0.15) is 5.82 Å². The van der Waals surface area contributed by atoms with Gasteiger partial charge in [-0.05, 0) is 61.1 Å². The predicted octanol–water partition coefficient (Wildman–Crippen LogP) is 2.60. The first-order chi connectivity index (χ1) is 15.7. The molecule has 164 valence electrons. The summed E-state index contributed by atoms with van der Waals surface area (Å²) >= 11 is 0. The van der Waals surface area contributed by atoms with Crippen LogP contribution in [0.25, 0.3) is 0 Å². The second kappa shape index (κ2) is 8.94. The molecule has 1 N–H and O–H groups in total. The number of carbonyl (C=O) groups excluding carboxylic acids is 1. The van der Waals surface area contributed by atoms with Gasteiger partial charge < -0.3 is 9.80 Å². The zero-order valence-corrected chi connectivity index (χ0v) is 18.1. The number of anilines is 1. The monoisotopic (exact) mass is 429 g/mol. The molecule has 1 amide bonds. The largest absolute Gasteiger partial charge is 0.353 e. The molecule has 1 aliphatic carbocycles. The number of amides is 1. The lowest BCUT2D eigenvalue weighted by atomic mass is 9.90. The highest BCUT2D eigenvalue weighted by molar-refractivity contribution is 5.94. The molecule has 0 atom stereocenters. The molecule has 1 aliphatic heterocycles. The smallest absolute Gasteiger partial charge is 0.267 e. The van der Waals surface area contributed by atoms with Gasteiger partial charge in [-0.25, -0.2) is 10.1 Å². The summed E-state index contributed by atoms with van der Waals surface area (Å²) in [5, 5.41) is 7.01. The molecule has 5 rings (SSSR count). The summed E-state index contributed by atoms with van der Waals surface area (Å²) in [7, 11) is 0. The SMILES string of the molecule is O=C(c1cccc(Cc2n[nH]c(=O)c3c2CCCC3)c1)N1CCN(c2ccccn2)CC1. The van der Waals surface area contributed by atoms with Crippen molar-refractivity contribution < 1.29 is 4.79 Å². The maximum atomic E-state index is 13.2. The normalized spacial score (nSPS) is 16.0. The van der Waals surface area contributed by atoms with Crippen LogP contribution in [-0.2, 0) is 19.3 Å². The zero-order valence-electron chi connectivity index (χ0n) is 18.1. The molecule has 2 aromatic heterocycles. The van der Waals surface area contributed by atoms with Crippen molar-refractivity contribution in [1.29, 1.82) is 0 Å². The van der Waals surface area contributed by atoms with Gasteiger partial charge in [0.05, 0.1) is 5.69 Å². The Morgan fingerprint density at radius 3 is 2.56 bits per heavy atom. The van der Waals surface area contributed by atoms with Gasteiger partial charge in [0.2, 0.25) is 0 Å². The molecule has 0 unspecified atom stereocenters. The van der Waals surface area contributed by atoms with Gasteiger partial charge in [0, 0.05) is 49.9 Å². The van der Waals surface area contributed by atoms with Crippen molar-refractivity contribution in [3.63, 3.8) is 0 Å². The second-order valence-corrected chi connectivity index (χ2v) is 8.51. The molecule has 1 saturated heterocycles.